The number of benzene rings is 1. The summed E-state index contributed by atoms with van der Waals surface area (Å²) in [5.74, 6) is -0.210. The molecule has 0 bridgehead atoms. The number of carbonyl (C=O) groups is 2. The number of rotatable bonds is 5. The summed E-state index contributed by atoms with van der Waals surface area (Å²) in [7, 11) is 0. The van der Waals surface area contributed by atoms with Crippen LogP contribution < -0.4 is 5.32 Å². The standard InChI is InChI=1S/C17H19N3O3S/c21-15(7-6-13-4-2-1-3-5-13)19-17-18-14(12-24-17)16(22)20-8-10-23-11-9-20/h1-5,12H,6-11H2,(H,18,19,21). The third kappa shape index (κ3) is 4.39. The number of nitrogens with zero attached hydrogens (tertiary/aromatic N) is 2. The van der Waals surface area contributed by atoms with Crippen molar-refractivity contribution in [2.45, 2.75) is 12.8 Å². The van der Waals surface area contributed by atoms with Gasteiger partial charge in [0.2, 0.25) is 5.91 Å². The van der Waals surface area contributed by atoms with Gasteiger partial charge >= 0.3 is 0 Å². The average Bonchev–Trinajstić information content (AvgIpc) is 3.09. The van der Waals surface area contributed by atoms with Crippen LogP contribution in [0.3, 0.4) is 0 Å². The van der Waals surface area contributed by atoms with Crippen molar-refractivity contribution in [2.75, 3.05) is 31.6 Å². The lowest BCUT2D eigenvalue weighted by Crippen LogP contribution is -2.40. The van der Waals surface area contributed by atoms with Crippen LogP contribution in [0.1, 0.15) is 22.5 Å². The van der Waals surface area contributed by atoms with Crippen LogP contribution in [0.5, 0.6) is 0 Å². The fourth-order valence-electron chi connectivity index (χ4n) is 2.44. The number of hydrogen-bond acceptors (Lipinski definition) is 5. The van der Waals surface area contributed by atoms with E-state index >= 15 is 0 Å². The Bertz CT molecular complexity index is 696. The highest BCUT2D eigenvalue weighted by Crippen LogP contribution is 2.18. The summed E-state index contributed by atoms with van der Waals surface area (Å²) in [6.07, 6.45) is 1.06. The van der Waals surface area contributed by atoms with E-state index < -0.39 is 0 Å². The zero-order chi connectivity index (χ0) is 16.8. The van der Waals surface area contributed by atoms with Crippen molar-refractivity contribution in [1.82, 2.24) is 9.88 Å². The molecule has 0 radical (unpaired) electrons. The lowest BCUT2D eigenvalue weighted by Gasteiger charge is -2.25. The number of amides is 2. The highest BCUT2D eigenvalue weighted by Gasteiger charge is 2.21. The van der Waals surface area contributed by atoms with Gasteiger partial charge < -0.3 is 15.0 Å². The number of ether oxygens (including phenoxy) is 1. The Hall–Kier alpha value is -2.25. The summed E-state index contributed by atoms with van der Waals surface area (Å²) < 4.78 is 5.24. The molecular formula is C17H19N3O3S. The molecule has 2 amide bonds. The van der Waals surface area contributed by atoms with Crippen LogP contribution >= 0.6 is 11.3 Å². The second kappa shape index (κ2) is 8.03. The molecule has 6 nitrogen and oxygen atoms in total. The van der Waals surface area contributed by atoms with Gasteiger partial charge in [-0.1, -0.05) is 30.3 Å². The maximum Gasteiger partial charge on any atom is 0.273 e. The minimum Gasteiger partial charge on any atom is -0.378 e. The van der Waals surface area contributed by atoms with E-state index in [-0.39, 0.29) is 11.8 Å². The van der Waals surface area contributed by atoms with Crippen LogP contribution in [0.2, 0.25) is 0 Å². The molecule has 1 saturated heterocycles. The summed E-state index contributed by atoms with van der Waals surface area (Å²) in [6.45, 7) is 2.27. The van der Waals surface area contributed by atoms with Crippen molar-refractivity contribution in [2.24, 2.45) is 0 Å². The number of morpholine rings is 1. The van der Waals surface area contributed by atoms with Gasteiger partial charge in [0.1, 0.15) is 5.69 Å². The van der Waals surface area contributed by atoms with Crippen LogP contribution in [0.25, 0.3) is 0 Å². The molecular weight excluding hydrogens is 326 g/mol. The lowest BCUT2D eigenvalue weighted by atomic mass is 10.1. The van der Waals surface area contributed by atoms with Crippen molar-refractivity contribution in [3.8, 4) is 0 Å². The molecule has 0 aliphatic carbocycles. The Kier molecular flexibility index (Phi) is 5.55. The Labute approximate surface area is 144 Å². The van der Waals surface area contributed by atoms with E-state index in [0.29, 0.717) is 50.0 Å². The highest BCUT2D eigenvalue weighted by molar-refractivity contribution is 7.14. The van der Waals surface area contributed by atoms with E-state index in [1.807, 2.05) is 30.3 Å². The van der Waals surface area contributed by atoms with Crippen molar-refractivity contribution < 1.29 is 14.3 Å². The molecule has 1 aliphatic rings. The van der Waals surface area contributed by atoms with Crippen LogP contribution in [0.4, 0.5) is 5.13 Å². The normalized spacial score (nSPS) is 14.4. The first-order valence-corrected chi connectivity index (χ1v) is 8.76. The van der Waals surface area contributed by atoms with Gasteiger partial charge in [-0.3, -0.25) is 9.59 Å². The topological polar surface area (TPSA) is 71.5 Å². The summed E-state index contributed by atoms with van der Waals surface area (Å²) in [6, 6.07) is 9.85. The van der Waals surface area contributed by atoms with Crippen molar-refractivity contribution in [3.63, 3.8) is 0 Å². The van der Waals surface area contributed by atoms with E-state index in [1.54, 1.807) is 10.3 Å². The smallest absolute Gasteiger partial charge is 0.273 e. The van der Waals surface area contributed by atoms with Gasteiger partial charge in [-0.25, -0.2) is 4.98 Å². The van der Waals surface area contributed by atoms with Crippen molar-refractivity contribution in [1.29, 1.82) is 0 Å². The summed E-state index contributed by atoms with van der Waals surface area (Å²) >= 11 is 1.27. The summed E-state index contributed by atoms with van der Waals surface area (Å²) in [5, 5.41) is 4.91. The molecule has 0 atom stereocenters. The third-order valence-electron chi connectivity index (χ3n) is 3.75. The molecule has 3 rings (SSSR count). The zero-order valence-electron chi connectivity index (χ0n) is 13.2. The van der Waals surface area contributed by atoms with Crippen molar-refractivity contribution >= 4 is 28.3 Å². The van der Waals surface area contributed by atoms with Gasteiger partial charge in [0.25, 0.3) is 5.91 Å². The van der Waals surface area contributed by atoms with Crippen LogP contribution in [-0.4, -0.2) is 48.0 Å². The second-order valence-electron chi connectivity index (χ2n) is 5.48. The number of hydrogen-bond donors (Lipinski definition) is 1. The number of aromatic nitrogens is 1. The number of carbonyl (C=O) groups excluding carboxylic acids is 2. The fourth-order valence-corrected chi connectivity index (χ4v) is 3.14. The third-order valence-corrected chi connectivity index (χ3v) is 4.51. The number of aryl methyl sites for hydroxylation is 1. The Morgan fingerprint density at radius 2 is 1.96 bits per heavy atom. The van der Waals surface area contributed by atoms with Crippen LogP contribution in [-0.2, 0) is 16.0 Å². The maximum absolute atomic E-state index is 12.3. The Balaban J connectivity index is 1.51. The molecule has 1 aliphatic heterocycles. The number of nitrogens with one attached hydrogen (secondary N) is 1. The van der Waals surface area contributed by atoms with Crippen LogP contribution in [0, 0.1) is 0 Å². The summed E-state index contributed by atoms with van der Waals surface area (Å²) in [5.41, 5.74) is 1.50. The van der Waals surface area contributed by atoms with Gasteiger partial charge in [-0.15, -0.1) is 11.3 Å². The number of anilines is 1. The molecule has 1 N–H and O–H groups in total. The molecule has 2 aromatic rings. The van der Waals surface area contributed by atoms with E-state index in [2.05, 4.69) is 10.3 Å². The molecule has 1 aromatic carbocycles. The van der Waals surface area contributed by atoms with E-state index in [0.717, 1.165) is 5.56 Å². The molecule has 24 heavy (non-hydrogen) atoms. The van der Waals surface area contributed by atoms with E-state index in [1.165, 1.54) is 11.3 Å². The number of thiazole rings is 1. The first-order valence-electron chi connectivity index (χ1n) is 7.89. The van der Waals surface area contributed by atoms with Gasteiger partial charge in [0.05, 0.1) is 13.2 Å². The first kappa shape index (κ1) is 16.6. The predicted molar refractivity (Wildman–Crippen MR) is 92.2 cm³/mol. The lowest BCUT2D eigenvalue weighted by molar-refractivity contribution is -0.116. The van der Waals surface area contributed by atoms with Gasteiger partial charge in [0.15, 0.2) is 5.13 Å². The first-order chi connectivity index (χ1) is 11.7. The molecule has 0 spiro atoms. The van der Waals surface area contributed by atoms with E-state index in [4.69, 9.17) is 4.74 Å². The minimum absolute atomic E-state index is 0.0985. The van der Waals surface area contributed by atoms with Gasteiger partial charge in [0, 0.05) is 24.9 Å². The van der Waals surface area contributed by atoms with E-state index in [9.17, 15) is 9.59 Å². The molecule has 7 heteroatoms. The molecule has 0 unspecified atom stereocenters. The molecule has 1 fully saturated rings. The molecule has 1 aromatic heterocycles. The Morgan fingerprint density at radius 1 is 1.21 bits per heavy atom. The highest BCUT2D eigenvalue weighted by atomic mass is 32.1. The molecule has 0 saturated carbocycles. The second-order valence-corrected chi connectivity index (χ2v) is 6.33. The molecule has 2 heterocycles. The van der Waals surface area contributed by atoms with Gasteiger partial charge in [-0.05, 0) is 12.0 Å². The van der Waals surface area contributed by atoms with Crippen molar-refractivity contribution in [3.05, 3.63) is 47.0 Å². The van der Waals surface area contributed by atoms with Crippen LogP contribution in [0.15, 0.2) is 35.7 Å². The monoisotopic (exact) mass is 345 g/mol. The minimum atomic E-state index is -0.112. The fraction of sp³-hybridized carbons (Fsp3) is 0.353. The molecule has 126 valence electrons. The zero-order valence-corrected chi connectivity index (χ0v) is 14.1. The average molecular weight is 345 g/mol. The quantitative estimate of drug-likeness (QED) is 0.902. The maximum atomic E-state index is 12.3. The summed E-state index contributed by atoms with van der Waals surface area (Å²) in [4.78, 5) is 30.3. The SMILES string of the molecule is O=C(CCc1ccccc1)Nc1nc(C(=O)N2CCOCC2)cs1. The predicted octanol–water partition coefficient (Wildman–Crippen LogP) is 2.19. The Morgan fingerprint density at radius 3 is 2.71 bits per heavy atom. The largest absolute Gasteiger partial charge is 0.378 e. The van der Waals surface area contributed by atoms with Gasteiger partial charge in [-0.2, -0.15) is 0 Å².